The molecule has 14 heavy (non-hydrogen) atoms. The van der Waals surface area contributed by atoms with E-state index >= 15 is 0 Å². The number of nitrogens with two attached hydrogens (primary N) is 1. The number of rotatable bonds is 0. The fourth-order valence-electron chi connectivity index (χ4n) is 1.61. The van der Waals surface area contributed by atoms with Crippen LogP contribution < -0.4 is 5.73 Å². The number of aromatic nitrogens is 1. The first-order valence-corrected chi connectivity index (χ1v) is 4.30. The largest absolute Gasteiger partial charge is 0.506 e. The highest BCUT2D eigenvalue weighted by molar-refractivity contribution is 5.73. The Labute approximate surface area is 81.2 Å². The van der Waals surface area contributed by atoms with Crippen molar-refractivity contribution in [3.8, 4) is 5.75 Å². The maximum absolute atomic E-state index is 10.9. The fraction of sp³-hybridized carbons (Fsp3) is 0.333. The molecule has 0 bridgehead atoms. The van der Waals surface area contributed by atoms with Crippen molar-refractivity contribution in [1.82, 2.24) is 9.88 Å². The van der Waals surface area contributed by atoms with Crippen molar-refractivity contribution in [2.24, 2.45) is 5.73 Å². The van der Waals surface area contributed by atoms with Gasteiger partial charge in [-0.25, -0.2) is 4.79 Å². The number of carbonyl (C=O) groups is 1. The van der Waals surface area contributed by atoms with Gasteiger partial charge < -0.3 is 15.7 Å². The number of aryl methyl sites for hydroxylation is 1. The topological polar surface area (TPSA) is 79.5 Å². The maximum atomic E-state index is 10.9. The van der Waals surface area contributed by atoms with Gasteiger partial charge in [0.15, 0.2) is 0 Å². The Morgan fingerprint density at radius 3 is 3.00 bits per heavy atom. The Bertz CT molecular complexity index is 403. The molecule has 0 spiro atoms. The zero-order chi connectivity index (χ0) is 10.3. The summed E-state index contributed by atoms with van der Waals surface area (Å²) in [4.78, 5) is 16.4. The number of primary amides is 1. The van der Waals surface area contributed by atoms with Crippen LogP contribution in [0.3, 0.4) is 0 Å². The first-order chi connectivity index (χ1) is 6.59. The van der Waals surface area contributed by atoms with Crippen LogP contribution in [0.4, 0.5) is 4.79 Å². The number of hydrogen-bond donors (Lipinski definition) is 2. The van der Waals surface area contributed by atoms with E-state index in [2.05, 4.69) is 4.98 Å². The molecule has 0 unspecified atom stereocenters. The summed E-state index contributed by atoms with van der Waals surface area (Å²) in [5.41, 5.74) is 7.36. The third kappa shape index (κ3) is 1.17. The van der Waals surface area contributed by atoms with Gasteiger partial charge in [-0.1, -0.05) is 0 Å². The van der Waals surface area contributed by atoms with Gasteiger partial charge in [0.2, 0.25) is 0 Å². The zero-order valence-corrected chi connectivity index (χ0v) is 7.82. The van der Waals surface area contributed by atoms with Crippen LogP contribution in [-0.4, -0.2) is 21.0 Å². The lowest BCUT2D eigenvalue weighted by Gasteiger charge is -2.10. The number of hydrogen-bond acceptors (Lipinski definition) is 3. The van der Waals surface area contributed by atoms with Gasteiger partial charge in [-0.3, -0.25) is 4.98 Å². The normalized spacial score (nSPS) is 14.2. The van der Waals surface area contributed by atoms with Crippen LogP contribution in [0.2, 0.25) is 0 Å². The summed E-state index contributed by atoms with van der Waals surface area (Å²) in [6.07, 6.45) is 1.67. The van der Waals surface area contributed by atoms with E-state index in [1.165, 1.54) is 4.90 Å². The van der Waals surface area contributed by atoms with Crippen molar-refractivity contribution in [3.05, 3.63) is 23.0 Å². The van der Waals surface area contributed by atoms with Crippen molar-refractivity contribution in [1.29, 1.82) is 0 Å². The molecule has 2 rings (SSSR count). The minimum Gasteiger partial charge on any atom is -0.506 e. The molecule has 0 aliphatic carbocycles. The molecule has 3 N–H and O–H groups in total. The predicted octanol–water partition coefficient (Wildman–Crippen LogP) is 0.490. The van der Waals surface area contributed by atoms with Gasteiger partial charge in [0.05, 0.1) is 12.2 Å². The Balaban J connectivity index is 2.40. The summed E-state index contributed by atoms with van der Waals surface area (Å²) in [6, 6.07) is -0.474. The molecule has 2 amide bonds. The van der Waals surface area contributed by atoms with Crippen LogP contribution in [0.15, 0.2) is 6.20 Å². The predicted molar refractivity (Wildman–Crippen MR) is 49.5 cm³/mol. The van der Waals surface area contributed by atoms with Crippen LogP contribution in [0.25, 0.3) is 0 Å². The molecule has 1 aromatic heterocycles. The van der Waals surface area contributed by atoms with Crippen molar-refractivity contribution < 1.29 is 9.90 Å². The number of nitrogens with zero attached hydrogens (tertiary/aromatic N) is 2. The zero-order valence-electron chi connectivity index (χ0n) is 7.82. The van der Waals surface area contributed by atoms with Crippen molar-refractivity contribution in [2.45, 2.75) is 20.0 Å². The summed E-state index contributed by atoms with van der Waals surface area (Å²) in [6.45, 7) is 2.54. The fourth-order valence-corrected chi connectivity index (χ4v) is 1.61. The lowest BCUT2D eigenvalue weighted by molar-refractivity contribution is 0.208. The van der Waals surface area contributed by atoms with Crippen molar-refractivity contribution in [2.75, 3.05) is 0 Å². The molecular formula is C9H11N3O2. The van der Waals surface area contributed by atoms with E-state index in [-0.39, 0.29) is 5.75 Å². The average Bonchev–Trinajstić information content (AvgIpc) is 2.56. The van der Waals surface area contributed by atoms with Crippen LogP contribution in [0.5, 0.6) is 5.75 Å². The quantitative estimate of drug-likeness (QED) is 0.629. The van der Waals surface area contributed by atoms with E-state index in [1.807, 2.05) is 0 Å². The Kier molecular flexibility index (Phi) is 1.80. The standard InChI is InChI=1S/C9H11N3O2/c1-5-8(13)7-4-12(9(10)14)3-6(7)2-11-5/h2,13H,3-4H2,1H3,(H2,10,14). The van der Waals surface area contributed by atoms with Gasteiger partial charge in [0, 0.05) is 18.3 Å². The van der Waals surface area contributed by atoms with Crippen LogP contribution in [-0.2, 0) is 13.1 Å². The number of carbonyl (C=O) groups excluding carboxylic acids is 1. The molecule has 0 radical (unpaired) electrons. The molecule has 2 heterocycles. The van der Waals surface area contributed by atoms with Crippen molar-refractivity contribution >= 4 is 6.03 Å². The molecule has 0 atom stereocenters. The second kappa shape index (κ2) is 2.87. The number of urea groups is 1. The summed E-state index contributed by atoms with van der Waals surface area (Å²) in [5, 5.41) is 9.68. The maximum Gasteiger partial charge on any atom is 0.315 e. The first kappa shape index (κ1) is 8.80. The SMILES string of the molecule is Cc1ncc2c(c1O)CN(C(N)=O)C2. The summed E-state index contributed by atoms with van der Waals surface area (Å²) in [7, 11) is 0. The number of pyridine rings is 1. The molecular weight excluding hydrogens is 182 g/mol. The highest BCUT2D eigenvalue weighted by Crippen LogP contribution is 2.30. The van der Waals surface area contributed by atoms with E-state index in [9.17, 15) is 9.90 Å². The molecule has 0 fully saturated rings. The van der Waals surface area contributed by atoms with Gasteiger partial charge in [0.25, 0.3) is 0 Å². The Morgan fingerprint density at radius 2 is 2.36 bits per heavy atom. The molecule has 1 aliphatic heterocycles. The van der Waals surface area contributed by atoms with E-state index in [1.54, 1.807) is 13.1 Å². The average molecular weight is 193 g/mol. The third-order valence-corrected chi connectivity index (χ3v) is 2.45. The smallest absolute Gasteiger partial charge is 0.315 e. The lowest BCUT2D eigenvalue weighted by atomic mass is 10.1. The number of fused-ring (bicyclic) bond motifs is 1. The van der Waals surface area contributed by atoms with Gasteiger partial charge >= 0.3 is 6.03 Å². The van der Waals surface area contributed by atoms with Gasteiger partial charge in [-0.2, -0.15) is 0 Å². The molecule has 0 aromatic carbocycles. The van der Waals surface area contributed by atoms with E-state index < -0.39 is 6.03 Å². The monoisotopic (exact) mass is 193 g/mol. The minimum absolute atomic E-state index is 0.172. The van der Waals surface area contributed by atoms with Crippen molar-refractivity contribution in [3.63, 3.8) is 0 Å². The molecule has 74 valence electrons. The highest BCUT2D eigenvalue weighted by Gasteiger charge is 2.25. The van der Waals surface area contributed by atoms with E-state index in [0.29, 0.717) is 18.8 Å². The summed E-state index contributed by atoms with van der Waals surface area (Å²) < 4.78 is 0. The van der Waals surface area contributed by atoms with Crippen LogP contribution in [0.1, 0.15) is 16.8 Å². The Morgan fingerprint density at radius 1 is 1.64 bits per heavy atom. The van der Waals surface area contributed by atoms with Crippen LogP contribution in [0, 0.1) is 6.92 Å². The molecule has 1 aliphatic rings. The Hall–Kier alpha value is -1.78. The van der Waals surface area contributed by atoms with Gasteiger partial charge in [-0.05, 0) is 12.5 Å². The van der Waals surface area contributed by atoms with E-state index in [0.717, 1.165) is 11.1 Å². The first-order valence-electron chi connectivity index (χ1n) is 4.30. The van der Waals surface area contributed by atoms with E-state index in [4.69, 9.17) is 5.73 Å². The molecule has 0 saturated heterocycles. The molecule has 5 heteroatoms. The van der Waals surface area contributed by atoms with Crippen LogP contribution >= 0.6 is 0 Å². The molecule has 0 saturated carbocycles. The molecule has 5 nitrogen and oxygen atoms in total. The summed E-state index contributed by atoms with van der Waals surface area (Å²) >= 11 is 0. The highest BCUT2D eigenvalue weighted by atomic mass is 16.3. The second-order valence-electron chi connectivity index (χ2n) is 3.39. The third-order valence-electron chi connectivity index (χ3n) is 2.45. The van der Waals surface area contributed by atoms with Gasteiger partial charge in [-0.15, -0.1) is 0 Å². The van der Waals surface area contributed by atoms with Gasteiger partial charge in [0.1, 0.15) is 5.75 Å². The number of aromatic hydroxyl groups is 1. The second-order valence-corrected chi connectivity index (χ2v) is 3.39. The summed E-state index contributed by atoms with van der Waals surface area (Å²) in [5.74, 6) is 0.172. The number of amides is 2. The lowest BCUT2D eigenvalue weighted by Crippen LogP contribution is -2.30. The minimum atomic E-state index is -0.474. The molecule has 1 aromatic rings.